The molecule has 0 radical (unpaired) electrons. The molecular formula is C23H33N3O4S. The fourth-order valence-electron chi connectivity index (χ4n) is 5.92. The summed E-state index contributed by atoms with van der Waals surface area (Å²) in [5, 5.41) is 0. The first kappa shape index (κ1) is 22.3. The monoisotopic (exact) mass is 447 g/mol. The minimum absolute atomic E-state index is 0.143. The van der Waals surface area contributed by atoms with Crippen molar-refractivity contribution >= 4 is 21.8 Å². The molecule has 3 heterocycles. The molecule has 170 valence electrons. The highest BCUT2D eigenvalue weighted by Gasteiger charge is 2.59. The first-order valence-electron chi connectivity index (χ1n) is 11.3. The topological polar surface area (TPSA) is 78.0 Å². The summed E-state index contributed by atoms with van der Waals surface area (Å²) in [5.41, 5.74) is 0.367. The summed E-state index contributed by atoms with van der Waals surface area (Å²) in [5.74, 6) is 0.330. The van der Waals surface area contributed by atoms with Gasteiger partial charge in [-0.25, -0.2) is 12.7 Å². The van der Waals surface area contributed by atoms with Gasteiger partial charge in [-0.15, -0.1) is 0 Å². The number of sulfonamides is 1. The van der Waals surface area contributed by atoms with Crippen LogP contribution >= 0.6 is 0 Å². The molecule has 1 aromatic carbocycles. The molecule has 0 N–H and O–H groups in total. The van der Waals surface area contributed by atoms with Crippen LogP contribution in [0.3, 0.4) is 0 Å². The summed E-state index contributed by atoms with van der Waals surface area (Å²) in [4.78, 5) is 30.3. The molecule has 0 bridgehead atoms. The lowest BCUT2D eigenvalue weighted by Crippen LogP contribution is -2.54. The van der Waals surface area contributed by atoms with Gasteiger partial charge in [-0.1, -0.05) is 30.3 Å². The van der Waals surface area contributed by atoms with Gasteiger partial charge in [0.25, 0.3) is 0 Å². The second kappa shape index (κ2) is 8.20. The SMILES string of the molecule is CCN1C(=O)C2(CCN(S(C)(=O)=O)CC2)CC12CCN(C(=O)Cc1ccccc1)CC2. The van der Waals surface area contributed by atoms with Crippen molar-refractivity contribution in [2.45, 2.75) is 51.0 Å². The Morgan fingerprint density at radius 3 is 2.16 bits per heavy atom. The Bertz CT molecular complexity index is 931. The number of carbonyl (C=O) groups is 2. The van der Waals surface area contributed by atoms with Crippen molar-refractivity contribution in [2.75, 3.05) is 39.0 Å². The Kier molecular flexibility index (Phi) is 5.89. The number of carbonyl (C=O) groups excluding carboxylic acids is 2. The zero-order valence-electron chi connectivity index (χ0n) is 18.5. The minimum atomic E-state index is -3.22. The van der Waals surface area contributed by atoms with Crippen LogP contribution < -0.4 is 0 Å². The maximum atomic E-state index is 13.5. The molecule has 1 aromatic rings. The van der Waals surface area contributed by atoms with Crippen LogP contribution in [0.15, 0.2) is 30.3 Å². The molecule has 31 heavy (non-hydrogen) atoms. The summed E-state index contributed by atoms with van der Waals surface area (Å²) in [6, 6.07) is 9.80. The number of amides is 2. The average Bonchev–Trinajstić information content (AvgIpc) is 2.95. The van der Waals surface area contributed by atoms with E-state index in [-0.39, 0.29) is 17.4 Å². The molecule has 0 aromatic heterocycles. The predicted octanol–water partition coefficient (Wildman–Crippen LogP) is 1.88. The Morgan fingerprint density at radius 2 is 1.61 bits per heavy atom. The number of benzene rings is 1. The van der Waals surface area contributed by atoms with Crippen LogP contribution in [0.25, 0.3) is 0 Å². The number of hydrogen-bond donors (Lipinski definition) is 0. The van der Waals surface area contributed by atoms with Crippen LogP contribution in [-0.4, -0.2) is 78.9 Å². The van der Waals surface area contributed by atoms with E-state index in [0.717, 1.165) is 24.8 Å². The molecule has 4 rings (SSSR count). The summed E-state index contributed by atoms with van der Waals surface area (Å²) < 4.78 is 25.3. The fourth-order valence-corrected chi connectivity index (χ4v) is 6.77. The van der Waals surface area contributed by atoms with Gasteiger partial charge in [0.1, 0.15) is 0 Å². The Labute approximate surface area is 185 Å². The molecule has 7 nitrogen and oxygen atoms in total. The van der Waals surface area contributed by atoms with Crippen molar-refractivity contribution in [1.82, 2.24) is 14.1 Å². The first-order valence-corrected chi connectivity index (χ1v) is 13.1. The summed E-state index contributed by atoms with van der Waals surface area (Å²) >= 11 is 0. The van der Waals surface area contributed by atoms with E-state index >= 15 is 0 Å². The average molecular weight is 448 g/mol. The van der Waals surface area contributed by atoms with E-state index in [1.807, 2.05) is 47.1 Å². The molecule has 0 unspecified atom stereocenters. The highest BCUT2D eigenvalue weighted by atomic mass is 32.2. The number of nitrogens with zero attached hydrogens (tertiary/aromatic N) is 3. The van der Waals surface area contributed by atoms with E-state index in [9.17, 15) is 18.0 Å². The van der Waals surface area contributed by atoms with Gasteiger partial charge in [0.15, 0.2) is 0 Å². The number of likely N-dealkylation sites (tertiary alicyclic amines) is 2. The summed E-state index contributed by atoms with van der Waals surface area (Å²) in [6.07, 6.45) is 5.21. The van der Waals surface area contributed by atoms with Crippen molar-refractivity contribution in [1.29, 1.82) is 0 Å². The van der Waals surface area contributed by atoms with E-state index in [2.05, 4.69) is 0 Å². The minimum Gasteiger partial charge on any atom is -0.342 e. The lowest BCUT2D eigenvalue weighted by Gasteiger charge is -2.45. The van der Waals surface area contributed by atoms with Crippen LogP contribution in [0.2, 0.25) is 0 Å². The molecule has 0 aliphatic carbocycles. The smallest absolute Gasteiger partial charge is 0.229 e. The highest BCUT2D eigenvalue weighted by Crippen LogP contribution is 2.52. The highest BCUT2D eigenvalue weighted by molar-refractivity contribution is 7.88. The lowest BCUT2D eigenvalue weighted by molar-refractivity contribution is -0.141. The van der Waals surface area contributed by atoms with E-state index in [1.165, 1.54) is 10.6 Å². The Hall–Kier alpha value is -1.93. The van der Waals surface area contributed by atoms with Crippen LogP contribution in [0.4, 0.5) is 0 Å². The Balaban J connectivity index is 1.43. The number of hydrogen-bond acceptors (Lipinski definition) is 4. The van der Waals surface area contributed by atoms with E-state index in [4.69, 9.17) is 0 Å². The van der Waals surface area contributed by atoms with Gasteiger partial charge >= 0.3 is 0 Å². The summed E-state index contributed by atoms with van der Waals surface area (Å²) in [6.45, 7) is 4.85. The van der Waals surface area contributed by atoms with Gasteiger partial charge in [0, 0.05) is 38.3 Å². The summed E-state index contributed by atoms with van der Waals surface area (Å²) in [7, 11) is -3.22. The molecule has 3 aliphatic heterocycles. The van der Waals surface area contributed by atoms with E-state index in [1.54, 1.807) is 0 Å². The third-order valence-corrected chi connectivity index (χ3v) is 8.95. The maximum absolute atomic E-state index is 13.5. The molecule has 3 saturated heterocycles. The molecule has 0 atom stereocenters. The van der Waals surface area contributed by atoms with Gasteiger partial charge in [0.05, 0.1) is 18.1 Å². The third kappa shape index (κ3) is 4.12. The van der Waals surface area contributed by atoms with Crippen molar-refractivity contribution < 1.29 is 18.0 Å². The maximum Gasteiger partial charge on any atom is 0.229 e. The Morgan fingerprint density at radius 1 is 1.00 bits per heavy atom. The van der Waals surface area contributed by atoms with E-state index in [0.29, 0.717) is 52.0 Å². The molecule has 2 spiro atoms. The second-order valence-electron chi connectivity index (χ2n) is 9.44. The molecule has 3 aliphatic rings. The van der Waals surface area contributed by atoms with Crippen molar-refractivity contribution in [2.24, 2.45) is 5.41 Å². The van der Waals surface area contributed by atoms with Gasteiger partial charge in [-0.3, -0.25) is 9.59 Å². The van der Waals surface area contributed by atoms with Gasteiger partial charge in [-0.2, -0.15) is 0 Å². The third-order valence-electron chi connectivity index (χ3n) is 7.65. The number of piperidine rings is 2. The molecule has 3 fully saturated rings. The number of rotatable bonds is 4. The largest absolute Gasteiger partial charge is 0.342 e. The predicted molar refractivity (Wildman–Crippen MR) is 119 cm³/mol. The van der Waals surface area contributed by atoms with Crippen LogP contribution in [-0.2, 0) is 26.0 Å². The second-order valence-corrected chi connectivity index (χ2v) is 11.4. The van der Waals surface area contributed by atoms with Gasteiger partial charge in [-0.05, 0) is 44.6 Å². The van der Waals surface area contributed by atoms with Gasteiger partial charge in [0.2, 0.25) is 21.8 Å². The van der Waals surface area contributed by atoms with E-state index < -0.39 is 15.4 Å². The lowest BCUT2D eigenvalue weighted by atomic mass is 9.71. The van der Waals surface area contributed by atoms with Crippen molar-refractivity contribution in [3.8, 4) is 0 Å². The normalized spacial score (nSPS) is 23.6. The standard InChI is InChI=1S/C23H33N3O4S/c1-3-26-21(28)22(9-15-25(16-10-22)31(2,29)30)18-23(26)11-13-24(14-12-23)20(27)17-19-7-5-4-6-8-19/h4-8H,3,9-18H2,1-2H3. The van der Waals surface area contributed by atoms with Crippen LogP contribution in [0, 0.1) is 5.41 Å². The zero-order chi connectivity index (χ0) is 22.3. The molecule has 0 saturated carbocycles. The van der Waals surface area contributed by atoms with Crippen molar-refractivity contribution in [3.05, 3.63) is 35.9 Å². The van der Waals surface area contributed by atoms with Crippen LogP contribution in [0.5, 0.6) is 0 Å². The quantitative estimate of drug-likeness (QED) is 0.706. The van der Waals surface area contributed by atoms with Crippen molar-refractivity contribution in [3.63, 3.8) is 0 Å². The fraction of sp³-hybridized carbons (Fsp3) is 0.652. The zero-order valence-corrected chi connectivity index (χ0v) is 19.4. The molecule has 8 heteroatoms. The van der Waals surface area contributed by atoms with Gasteiger partial charge < -0.3 is 9.80 Å². The van der Waals surface area contributed by atoms with Crippen LogP contribution in [0.1, 0.15) is 44.6 Å². The molecule has 2 amide bonds. The molecular weight excluding hydrogens is 414 g/mol. The first-order chi connectivity index (χ1) is 14.7.